The van der Waals surface area contributed by atoms with Gasteiger partial charge in [-0.3, -0.25) is 0 Å². The van der Waals surface area contributed by atoms with E-state index in [1.165, 1.54) is 6.42 Å². The fourth-order valence-corrected chi connectivity index (χ4v) is 1.78. The molecule has 1 saturated heterocycles. The molecule has 0 aromatic carbocycles. The summed E-state index contributed by atoms with van der Waals surface area (Å²) in [6, 6.07) is 4.14. The Morgan fingerprint density at radius 3 is 2.75 bits per heavy atom. The lowest BCUT2D eigenvalue weighted by Gasteiger charge is -2.14. The highest BCUT2D eigenvalue weighted by Crippen LogP contribution is 2.21. The second-order valence-corrected chi connectivity index (χ2v) is 3.50. The zero-order valence-electron chi connectivity index (χ0n) is 7.44. The average molecular weight is 165 g/mol. The van der Waals surface area contributed by atoms with Gasteiger partial charge >= 0.3 is 0 Å². The Labute approximate surface area is 73.1 Å². The minimum absolute atomic E-state index is 0.437. The molecule has 1 aliphatic heterocycles. The molecule has 12 heavy (non-hydrogen) atoms. The molecule has 0 N–H and O–H groups in total. The first-order valence-corrected chi connectivity index (χ1v) is 4.58. The Morgan fingerprint density at radius 1 is 1.42 bits per heavy atom. The van der Waals surface area contributed by atoms with Gasteiger partial charge in [-0.15, -0.1) is 0 Å². The van der Waals surface area contributed by atoms with Crippen molar-refractivity contribution in [3.05, 3.63) is 24.5 Å². The van der Waals surface area contributed by atoms with Crippen LogP contribution in [-0.2, 0) is 11.3 Å². The molecule has 2 heterocycles. The molecule has 2 atom stereocenters. The van der Waals surface area contributed by atoms with Crippen molar-refractivity contribution in [2.24, 2.45) is 5.92 Å². The Kier molecular flexibility index (Phi) is 2.17. The lowest BCUT2D eigenvalue weighted by Crippen LogP contribution is -2.16. The van der Waals surface area contributed by atoms with Crippen LogP contribution in [0.3, 0.4) is 0 Å². The number of hydrogen-bond donors (Lipinski definition) is 0. The van der Waals surface area contributed by atoms with Crippen molar-refractivity contribution in [3.8, 4) is 0 Å². The van der Waals surface area contributed by atoms with E-state index in [9.17, 15) is 0 Å². The lowest BCUT2D eigenvalue weighted by molar-refractivity contribution is 0.102. The summed E-state index contributed by atoms with van der Waals surface area (Å²) in [7, 11) is 0. The van der Waals surface area contributed by atoms with Crippen LogP contribution in [0.5, 0.6) is 0 Å². The molecule has 0 aliphatic carbocycles. The van der Waals surface area contributed by atoms with Crippen LogP contribution in [-0.4, -0.2) is 17.3 Å². The predicted molar refractivity (Wildman–Crippen MR) is 48.0 cm³/mol. The molecule has 2 nitrogen and oxygen atoms in total. The van der Waals surface area contributed by atoms with Crippen molar-refractivity contribution in [1.82, 2.24) is 4.57 Å². The molecule has 0 bridgehead atoms. The Bertz CT molecular complexity index is 230. The molecule has 2 heteroatoms. The van der Waals surface area contributed by atoms with Crippen molar-refractivity contribution in [2.45, 2.75) is 26.0 Å². The highest BCUT2D eigenvalue weighted by Gasteiger charge is 2.23. The molecule has 0 radical (unpaired) electrons. The fourth-order valence-electron chi connectivity index (χ4n) is 1.78. The molecule has 0 amide bonds. The second-order valence-electron chi connectivity index (χ2n) is 3.50. The maximum absolute atomic E-state index is 5.50. The van der Waals surface area contributed by atoms with Crippen LogP contribution < -0.4 is 0 Å². The first-order chi connectivity index (χ1) is 5.86. The van der Waals surface area contributed by atoms with Gasteiger partial charge in [-0.25, -0.2) is 0 Å². The molecule has 1 aromatic rings. The quantitative estimate of drug-likeness (QED) is 0.653. The summed E-state index contributed by atoms with van der Waals surface area (Å²) >= 11 is 0. The molecule has 2 rings (SSSR count). The van der Waals surface area contributed by atoms with E-state index < -0.39 is 0 Å². The summed E-state index contributed by atoms with van der Waals surface area (Å²) in [5.41, 5.74) is 0. The van der Waals surface area contributed by atoms with E-state index >= 15 is 0 Å². The number of ether oxygens (including phenoxy) is 1. The van der Waals surface area contributed by atoms with E-state index in [0.29, 0.717) is 12.0 Å². The van der Waals surface area contributed by atoms with E-state index in [-0.39, 0.29) is 0 Å². The number of nitrogens with zero attached hydrogens (tertiary/aromatic N) is 1. The van der Waals surface area contributed by atoms with Crippen LogP contribution in [0.4, 0.5) is 0 Å². The Balaban J connectivity index is 1.95. The molecular formula is C10H15NO. The van der Waals surface area contributed by atoms with Gasteiger partial charge in [-0.1, -0.05) is 0 Å². The van der Waals surface area contributed by atoms with Crippen LogP contribution in [0.15, 0.2) is 24.5 Å². The Hall–Kier alpha value is -0.760. The first-order valence-electron chi connectivity index (χ1n) is 4.58. The smallest absolute Gasteiger partial charge is 0.0593 e. The SMILES string of the molecule is CC1OCCC1Cn1cccc1. The van der Waals surface area contributed by atoms with Gasteiger partial charge in [0, 0.05) is 31.5 Å². The molecular weight excluding hydrogens is 150 g/mol. The molecule has 0 spiro atoms. The van der Waals surface area contributed by atoms with Gasteiger partial charge in [0.1, 0.15) is 0 Å². The van der Waals surface area contributed by atoms with Crippen LogP contribution >= 0.6 is 0 Å². The van der Waals surface area contributed by atoms with Gasteiger partial charge in [0.25, 0.3) is 0 Å². The van der Waals surface area contributed by atoms with Gasteiger partial charge in [0.05, 0.1) is 6.10 Å². The summed E-state index contributed by atoms with van der Waals surface area (Å²) in [6.07, 6.45) is 5.88. The predicted octanol–water partition coefficient (Wildman–Crippen LogP) is 1.91. The van der Waals surface area contributed by atoms with E-state index in [0.717, 1.165) is 13.2 Å². The molecule has 1 fully saturated rings. The van der Waals surface area contributed by atoms with Crippen molar-refractivity contribution < 1.29 is 4.74 Å². The first kappa shape index (κ1) is 7.87. The van der Waals surface area contributed by atoms with Gasteiger partial charge in [-0.05, 0) is 25.5 Å². The third kappa shape index (κ3) is 1.53. The van der Waals surface area contributed by atoms with E-state index in [4.69, 9.17) is 4.74 Å². The summed E-state index contributed by atoms with van der Waals surface area (Å²) < 4.78 is 7.73. The summed E-state index contributed by atoms with van der Waals surface area (Å²) in [4.78, 5) is 0. The van der Waals surface area contributed by atoms with Crippen LogP contribution in [0.2, 0.25) is 0 Å². The maximum atomic E-state index is 5.50. The number of aromatic nitrogens is 1. The van der Waals surface area contributed by atoms with Gasteiger partial charge < -0.3 is 9.30 Å². The van der Waals surface area contributed by atoms with Gasteiger partial charge in [0.15, 0.2) is 0 Å². The van der Waals surface area contributed by atoms with Crippen molar-refractivity contribution in [2.75, 3.05) is 6.61 Å². The molecule has 2 unspecified atom stereocenters. The fraction of sp³-hybridized carbons (Fsp3) is 0.600. The second kappa shape index (κ2) is 3.31. The van der Waals surface area contributed by atoms with Crippen LogP contribution in [0.25, 0.3) is 0 Å². The highest BCUT2D eigenvalue weighted by atomic mass is 16.5. The monoisotopic (exact) mass is 165 g/mol. The van der Waals surface area contributed by atoms with E-state index in [1.54, 1.807) is 0 Å². The molecule has 1 aromatic heterocycles. The summed E-state index contributed by atoms with van der Waals surface area (Å²) in [6.45, 7) is 4.21. The van der Waals surface area contributed by atoms with E-state index in [1.807, 2.05) is 0 Å². The van der Waals surface area contributed by atoms with E-state index in [2.05, 4.69) is 36.0 Å². The molecule has 0 saturated carbocycles. The lowest BCUT2D eigenvalue weighted by atomic mass is 10.0. The zero-order valence-corrected chi connectivity index (χ0v) is 7.44. The minimum atomic E-state index is 0.437. The maximum Gasteiger partial charge on any atom is 0.0593 e. The normalized spacial score (nSPS) is 29.4. The molecule has 66 valence electrons. The minimum Gasteiger partial charge on any atom is -0.378 e. The summed E-state index contributed by atoms with van der Waals surface area (Å²) in [5, 5.41) is 0. The topological polar surface area (TPSA) is 14.2 Å². The van der Waals surface area contributed by atoms with Crippen molar-refractivity contribution >= 4 is 0 Å². The van der Waals surface area contributed by atoms with Crippen molar-refractivity contribution in [1.29, 1.82) is 0 Å². The molecule has 1 aliphatic rings. The number of hydrogen-bond acceptors (Lipinski definition) is 1. The van der Waals surface area contributed by atoms with Crippen LogP contribution in [0, 0.1) is 5.92 Å². The zero-order chi connectivity index (χ0) is 8.39. The van der Waals surface area contributed by atoms with Crippen molar-refractivity contribution in [3.63, 3.8) is 0 Å². The highest BCUT2D eigenvalue weighted by molar-refractivity contribution is 4.91. The van der Waals surface area contributed by atoms with Gasteiger partial charge in [-0.2, -0.15) is 0 Å². The largest absolute Gasteiger partial charge is 0.378 e. The average Bonchev–Trinajstić information content (AvgIpc) is 2.65. The summed E-state index contributed by atoms with van der Waals surface area (Å²) in [5.74, 6) is 0.706. The third-order valence-corrected chi connectivity index (χ3v) is 2.64. The Morgan fingerprint density at radius 2 is 2.17 bits per heavy atom. The van der Waals surface area contributed by atoms with Gasteiger partial charge in [0.2, 0.25) is 0 Å². The standard InChI is InChI=1S/C10H15NO/c1-9-10(4-7-12-9)8-11-5-2-3-6-11/h2-3,5-6,9-10H,4,7-8H2,1H3. The van der Waals surface area contributed by atoms with Crippen LogP contribution in [0.1, 0.15) is 13.3 Å². The third-order valence-electron chi connectivity index (χ3n) is 2.64. The number of rotatable bonds is 2.